The first kappa shape index (κ1) is 8.03. The average molecular weight is 164 g/mol. The van der Waals surface area contributed by atoms with Gasteiger partial charge >= 0.3 is 0 Å². The van der Waals surface area contributed by atoms with Gasteiger partial charge in [0.05, 0.1) is 0 Å². The van der Waals surface area contributed by atoms with E-state index in [0.717, 1.165) is 12.8 Å². The predicted molar refractivity (Wildman–Crippen MR) is 48.9 cm³/mol. The number of fused-ring (bicyclic) bond motifs is 2. The number of ketones is 1. The molecule has 0 saturated heterocycles. The number of Topliss-reactive ketones (excluding diaryl/α,β-unsaturated/α-hetero) is 1. The Labute approximate surface area is 73.8 Å². The van der Waals surface area contributed by atoms with Gasteiger partial charge in [0, 0.05) is 12.8 Å². The minimum absolute atomic E-state index is 0.472. The normalized spacial score (nSPS) is 34.8. The number of carbonyl (C=O) groups is 1. The Bertz CT molecular complexity index is 215. The molecule has 0 N–H and O–H groups in total. The maximum absolute atomic E-state index is 11.3. The molecule has 1 saturated carbocycles. The third-order valence-corrected chi connectivity index (χ3v) is 2.99. The van der Waals surface area contributed by atoms with Crippen LogP contribution in [0.1, 0.15) is 44.9 Å². The van der Waals surface area contributed by atoms with Gasteiger partial charge in [-0.2, -0.15) is 0 Å². The summed E-state index contributed by atoms with van der Waals surface area (Å²) in [5, 5.41) is 0. The van der Waals surface area contributed by atoms with Crippen molar-refractivity contribution in [2.45, 2.75) is 44.9 Å². The first-order chi connectivity index (χ1) is 5.84. The highest BCUT2D eigenvalue weighted by Crippen LogP contribution is 2.32. The van der Waals surface area contributed by atoms with Crippen LogP contribution in [0.3, 0.4) is 0 Å². The second-order valence-corrected chi connectivity index (χ2v) is 4.14. The minimum Gasteiger partial charge on any atom is -0.299 e. The van der Waals surface area contributed by atoms with Gasteiger partial charge in [-0.15, -0.1) is 0 Å². The quantitative estimate of drug-likeness (QED) is 0.503. The monoisotopic (exact) mass is 164 g/mol. The lowest BCUT2D eigenvalue weighted by molar-refractivity contribution is -0.120. The molecule has 0 amide bonds. The standard InChI is InChI=1S/C11H16O/c12-11-7-9-4-2-1-3-5-10(6-9)8-11/h4,10H,1-3,5-8H2/b9-4+. The summed E-state index contributed by atoms with van der Waals surface area (Å²) in [7, 11) is 0. The van der Waals surface area contributed by atoms with Crippen molar-refractivity contribution in [2.75, 3.05) is 0 Å². The highest BCUT2D eigenvalue weighted by molar-refractivity contribution is 5.82. The third kappa shape index (κ3) is 1.77. The number of carbonyl (C=O) groups excluding carboxylic acids is 1. The van der Waals surface area contributed by atoms with Crippen molar-refractivity contribution in [1.29, 1.82) is 0 Å². The van der Waals surface area contributed by atoms with Crippen molar-refractivity contribution < 1.29 is 4.79 Å². The third-order valence-electron chi connectivity index (χ3n) is 2.99. The molecule has 0 heterocycles. The van der Waals surface area contributed by atoms with Crippen LogP contribution >= 0.6 is 0 Å². The van der Waals surface area contributed by atoms with Crippen molar-refractivity contribution in [3.05, 3.63) is 11.6 Å². The average Bonchev–Trinajstić information content (AvgIpc) is 2.00. The van der Waals surface area contributed by atoms with E-state index in [0.29, 0.717) is 11.7 Å². The number of hydrogen-bond acceptors (Lipinski definition) is 1. The lowest BCUT2D eigenvalue weighted by Gasteiger charge is -2.25. The molecule has 12 heavy (non-hydrogen) atoms. The highest BCUT2D eigenvalue weighted by Gasteiger charge is 2.23. The van der Waals surface area contributed by atoms with Gasteiger partial charge in [-0.3, -0.25) is 4.79 Å². The molecule has 1 unspecified atom stereocenters. The molecule has 66 valence electrons. The molecule has 1 nitrogen and oxygen atoms in total. The summed E-state index contributed by atoms with van der Waals surface area (Å²) in [5.74, 6) is 1.16. The fourth-order valence-electron chi connectivity index (χ4n) is 2.41. The van der Waals surface area contributed by atoms with Crippen LogP contribution in [-0.2, 0) is 4.79 Å². The van der Waals surface area contributed by atoms with Gasteiger partial charge in [0.25, 0.3) is 0 Å². The lowest BCUT2D eigenvalue weighted by Crippen LogP contribution is -2.17. The van der Waals surface area contributed by atoms with E-state index in [1.54, 1.807) is 0 Å². The van der Waals surface area contributed by atoms with E-state index in [1.165, 1.54) is 37.7 Å². The van der Waals surface area contributed by atoms with Gasteiger partial charge in [0.1, 0.15) is 5.78 Å². The lowest BCUT2D eigenvalue weighted by atomic mass is 9.80. The van der Waals surface area contributed by atoms with Crippen molar-refractivity contribution >= 4 is 5.78 Å². The molecule has 1 heteroatoms. The molecule has 2 bridgehead atoms. The molecule has 0 aromatic rings. The Morgan fingerprint density at radius 3 is 3.08 bits per heavy atom. The topological polar surface area (TPSA) is 17.1 Å². The zero-order valence-corrected chi connectivity index (χ0v) is 7.51. The Kier molecular flexibility index (Phi) is 2.29. The maximum Gasteiger partial charge on any atom is 0.137 e. The van der Waals surface area contributed by atoms with Gasteiger partial charge in [-0.25, -0.2) is 0 Å². The first-order valence-electron chi connectivity index (χ1n) is 5.04. The van der Waals surface area contributed by atoms with E-state index >= 15 is 0 Å². The SMILES string of the molecule is O=C1C/C2=C/CCCCC(C1)C2. The van der Waals surface area contributed by atoms with E-state index in [4.69, 9.17) is 0 Å². The Balaban J connectivity index is 2.12. The van der Waals surface area contributed by atoms with Crippen LogP contribution in [0, 0.1) is 5.92 Å². The van der Waals surface area contributed by atoms with E-state index in [-0.39, 0.29) is 0 Å². The molecule has 1 fully saturated rings. The molecule has 0 spiro atoms. The van der Waals surface area contributed by atoms with Crippen LogP contribution in [0.5, 0.6) is 0 Å². The summed E-state index contributed by atoms with van der Waals surface area (Å²) in [6, 6.07) is 0. The van der Waals surface area contributed by atoms with Gasteiger partial charge in [0.15, 0.2) is 0 Å². The zero-order valence-electron chi connectivity index (χ0n) is 7.51. The van der Waals surface area contributed by atoms with Crippen LogP contribution in [-0.4, -0.2) is 5.78 Å². The second-order valence-electron chi connectivity index (χ2n) is 4.14. The van der Waals surface area contributed by atoms with Gasteiger partial charge in [0.2, 0.25) is 0 Å². The maximum atomic E-state index is 11.3. The summed E-state index contributed by atoms with van der Waals surface area (Å²) in [6.45, 7) is 0. The summed E-state index contributed by atoms with van der Waals surface area (Å²) < 4.78 is 0. The van der Waals surface area contributed by atoms with Crippen LogP contribution in [0.25, 0.3) is 0 Å². The summed E-state index contributed by atoms with van der Waals surface area (Å²) in [6.07, 6.45) is 10.3. The van der Waals surface area contributed by atoms with Gasteiger partial charge < -0.3 is 0 Å². The first-order valence-corrected chi connectivity index (χ1v) is 5.04. The largest absolute Gasteiger partial charge is 0.299 e. The second kappa shape index (κ2) is 3.42. The number of rotatable bonds is 0. The fraction of sp³-hybridized carbons (Fsp3) is 0.727. The smallest absolute Gasteiger partial charge is 0.137 e. The molecule has 1 atom stereocenters. The van der Waals surface area contributed by atoms with Gasteiger partial charge in [-0.1, -0.05) is 18.1 Å². The molecule has 0 aromatic carbocycles. The van der Waals surface area contributed by atoms with Crippen LogP contribution in [0.15, 0.2) is 11.6 Å². The molecule has 2 aliphatic carbocycles. The Morgan fingerprint density at radius 2 is 2.17 bits per heavy atom. The Morgan fingerprint density at radius 1 is 1.25 bits per heavy atom. The van der Waals surface area contributed by atoms with E-state index in [1.807, 2.05) is 0 Å². The molecule has 0 radical (unpaired) electrons. The van der Waals surface area contributed by atoms with Crippen LogP contribution in [0.2, 0.25) is 0 Å². The molecule has 0 aromatic heterocycles. The van der Waals surface area contributed by atoms with E-state index in [2.05, 4.69) is 6.08 Å². The minimum atomic E-state index is 0.472. The molecule has 2 rings (SSSR count). The number of hydrogen-bond donors (Lipinski definition) is 0. The van der Waals surface area contributed by atoms with Crippen LogP contribution < -0.4 is 0 Å². The van der Waals surface area contributed by atoms with Gasteiger partial charge in [-0.05, 0) is 31.6 Å². The zero-order chi connectivity index (χ0) is 8.39. The summed E-state index contributed by atoms with van der Waals surface area (Å²) in [4.78, 5) is 11.3. The summed E-state index contributed by atoms with van der Waals surface area (Å²) >= 11 is 0. The number of allylic oxidation sites excluding steroid dienone is 2. The molecule has 2 aliphatic rings. The van der Waals surface area contributed by atoms with Crippen molar-refractivity contribution in [3.8, 4) is 0 Å². The van der Waals surface area contributed by atoms with Crippen LogP contribution in [0.4, 0.5) is 0 Å². The Hall–Kier alpha value is -0.590. The van der Waals surface area contributed by atoms with E-state index in [9.17, 15) is 4.79 Å². The van der Waals surface area contributed by atoms with Crippen molar-refractivity contribution in [3.63, 3.8) is 0 Å². The van der Waals surface area contributed by atoms with E-state index < -0.39 is 0 Å². The predicted octanol–water partition coefficient (Wildman–Crippen LogP) is 2.86. The molecule has 0 aliphatic heterocycles. The highest BCUT2D eigenvalue weighted by atomic mass is 16.1. The van der Waals surface area contributed by atoms with Crippen molar-refractivity contribution in [1.82, 2.24) is 0 Å². The van der Waals surface area contributed by atoms with Crippen molar-refractivity contribution in [2.24, 2.45) is 5.92 Å². The fourth-order valence-corrected chi connectivity index (χ4v) is 2.41. The molecular formula is C11H16O. The molecular weight excluding hydrogens is 148 g/mol. The summed E-state index contributed by atoms with van der Waals surface area (Å²) in [5.41, 5.74) is 1.43.